The zero-order valence-electron chi connectivity index (χ0n) is 19.6. The molecular formula is C26H31FN6O. The third-order valence-electron chi connectivity index (χ3n) is 7.43. The maximum Gasteiger partial charge on any atom is 0.256 e. The van der Waals surface area contributed by atoms with Crippen LogP contribution >= 0.6 is 0 Å². The highest BCUT2D eigenvalue weighted by molar-refractivity contribution is 5.98. The number of piperidine rings is 1. The van der Waals surface area contributed by atoms with Crippen molar-refractivity contribution in [1.29, 1.82) is 0 Å². The third-order valence-corrected chi connectivity index (χ3v) is 7.43. The van der Waals surface area contributed by atoms with Crippen molar-refractivity contribution in [2.24, 2.45) is 5.41 Å². The van der Waals surface area contributed by atoms with Crippen molar-refractivity contribution in [3.05, 3.63) is 65.6 Å². The molecule has 7 nitrogen and oxygen atoms in total. The molecule has 34 heavy (non-hydrogen) atoms. The summed E-state index contributed by atoms with van der Waals surface area (Å²) >= 11 is 0. The van der Waals surface area contributed by atoms with Crippen LogP contribution in [0.5, 0.6) is 0 Å². The minimum atomic E-state index is -0.523. The number of anilines is 1. The normalized spacial score (nSPS) is 19.5. The second kappa shape index (κ2) is 9.52. The highest BCUT2D eigenvalue weighted by atomic mass is 19.1. The monoisotopic (exact) mass is 462 g/mol. The Balaban J connectivity index is 1.41. The van der Waals surface area contributed by atoms with Gasteiger partial charge >= 0.3 is 0 Å². The first-order valence-electron chi connectivity index (χ1n) is 12.1. The van der Waals surface area contributed by atoms with Crippen molar-refractivity contribution >= 4 is 11.7 Å². The van der Waals surface area contributed by atoms with Gasteiger partial charge in [-0.1, -0.05) is 30.5 Å². The first-order chi connectivity index (χ1) is 16.6. The summed E-state index contributed by atoms with van der Waals surface area (Å²) in [5, 5.41) is 11.9. The van der Waals surface area contributed by atoms with Gasteiger partial charge in [-0.15, -0.1) is 0 Å². The maximum absolute atomic E-state index is 13.9. The number of carbonyl (C=O) groups excluding carboxylic acids is 1. The Morgan fingerprint density at radius 2 is 1.94 bits per heavy atom. The van der Waals surface area contributed by atoms with Crippen LogP contribution < -0.4 is 5.32 Å². The fraction of sp³-hybridized carbons (Fsp3) is 0.462. The van der Waals surface area contributed by atoms with E-state index in [9.17, 15) is 9.18 Å². The van der Waals surface area contributed by atoms with Crippen LogP contribution in [0.15, 0.2) is 48.9 Å². The first kappa shape index (κ1) is 22.5. The van der Waals surface area contributed by atoms with Crippen LogP contribution in [0.4, 0.5) is 10.2 Å². The van der Waals surface area contributed by atoms with Crippen molar-refractivity contribution in [2.75, 3.05) is 18.4 Å². The number of nitrogens with one attached hydrogen (secondary N) is 1. The summed E-state index contributed by atoms with van der Waals surface area (Å²) in [5.41, 5.74) is 3.22. The molecule has 1 saturated heterocycles. The quantitative estimate of drug-likeness (QED) is 0.574. The lowest BCUT2D eigenvalue weighted by Crippen LogP contribution is -2.52. The number of carbonyl (C=O) groups is 1. The molecule has 1 N–H and O–H groups in total. The Bertz CT molecular complexity index is 1120. The van der Waals surface area contributed by atoms with E-state index < -0.39 is 6.67 Å². The molecule has 2 aliphatic rings. The van der Waals surface area contributed by atoms with E-state index in [2.05, 4.69) is 20.5 Å². The Morgan fingerprint density at radius 1 is 1.15 bits per heavy atom. The lowest BCUT2D eigenvalue weighted by atomic mass is 9.73. The summed E-state index contributed by atoms with van der Waals surface area (Å²) in [6.07, 6.45) is 11.8. The summed E-state index contributed by atoms with van der Waals surface area (Å²) in [6, 6.07) is 9.41. The number of hydrogen-bond donors (Lipinski definition) is 1. The molecule has 5 rings (SSSR count). The number of likely N-dealkylation sites (tertiary alicyclic amines) is 1. The van der Waals surface area contributed by atoms with Gasteiger partial charge in [0.15, 0.2) is 0 Å². The molecule has 1 amide bonds. The zero-order valence-corrected chi connectivity index (χ0v) is 19.6. The second-order valence-electron chi connectivity index (χ2n) is 9.72. The van der Waals surface area contributed by atoms with Crippen molar-refractivity contribution in [3.8, 4) is 5.69 Å². The standard InChI is InChI=1S/C26H31FN6O/c1-19-4-6-23(33-30-11-12-31-33)22(14-19)25(34)32-13-10-26(8-2-3-9-26)15-21(32)18-29-24-7-5-20(16-27)17-28-24/h4-7,11-12,14,17,21H,2-3,8-10,13,15-16,18H2,1H3,(H,28,29). The summed E-state index contributed by atoms with van der Waals surface area (Å²) in [4.78, 5) is 21.8. The van der Waals surface area contributed by atoms with E-state index in [1.807, 2.05) is 30.0 Å². The van der Waals surface area contributed by atoms with E-state index in [0.717, 1.165) is 24.9 Å². The minimum absolute atomic E-state index is 0.0105. The molecule has 0 bridgehead atoms. The molecule has 1 saturated carbocycles. The van der Waals surface area contributed by atoms with Gasteiger partial charge in [0.05, 0.1) is 23.6 Å². The number of halogens is 1. The molecule has 3 heterocycles. The predicted molar refractivity (Wildman–Crippen MR) is 129 cm³/mol. The van der Waals surface area contributed by atoms with Gasteiger partial charge < -0.3 is 10.2 Å². The van der Waals surface area contributed by atoms with Crippen molar-refractivity contribution in [2.45, 2.75) is 58.2 Å². The SMILES string of the molecule is Cc1ccc(-n2nccn2)c(C(=O)N2CCC3(CCCC3)CC2CNc2ccc(CF)cn2)c1. The lowest BCUT2D eigenvalue weighted by Gasteiger charge is -2.45. The number of hydrogen-bond acceptors (Lipinski definition) is 5. The molecule has 1 unspecified atom stereocenters. The molecule has 1 aliphatic heterocycles. The van der Waals surface area contributed by atoms with Crippen molar-refractivity contribution in [1.82, 2.24) is 24.9 Å². The lowest BCUT2D eigenvalue weighted by molar-refractivity contribution is 0.0392. The Labute approximate surface area is 199 Å². The van der Waals surface area contributed by atoms with Gasteiger partial charge in [0, 0.05) is 30.9 Å². The van der Waals surface area contributed by atoms with Gasteiger partial charge in [0.1, 0.15) is 12.5 Å². The Hall–Kier alpha value is -3.29. The first-order valence-corrected chi connectivity index (χ1v) is 12.1. The van der Waals surface area contributed by atoms with Crippen molar-refractivity contribution < 1.29 is 9.18 Å². The van der Waals surface area contributed by atoms with Crippen LogP contribution in [0.25, 0.3) is 5.69 Å². The minimum Gasteiger partial charge on any atom is -0.368 e. The Morgan fingerprint density at radius 3 is 2.65 bits per heavy atom. The number of aryl methyl sites for hydroxylation is 1. The number of rotatable bonds is 6. The van der Waals surface area contributed by atoms with Gasteiger partial charge in [-0.05, 0) is 56.2 Å². The van der Waals surface area contributed by atoms with E-state index in [-0.39, 0.29) is 11.9 Å². The third kappa shape index (κ3) is 4.54. The molecule has 1 aliphatic carbocycles. The fourth-order valence-electron chi connectivity index (χ4n) is 5.60. The van der Waals surface area contributed by atoms with Crippen LogP contribution in [0.1, 0.15) is 60.0 Å². The molecule has 178 valence electrons. The van der Waals surface area contributed by atoms with Gasteiger partial charge in [0.2, 0.25) is 0 Å². The average Bonchev–Trinajstić information content (AvgIpc) is 3.56. The van der Waals surface area contributed by atoms with Crippen LogP contribution in [-0.2, 0) is 6.67 Å². The predicted octanol–water partition coefficient (Wildman–Crippen LogP) is 4.72. The zero-order chi connectivity index (χ0) is 23.5. The maximum atomic E-state index is 13.9. The van der Waals surface area contributed by atoms with E-state index in [0.29, 0.717) is 34.6 Å². The number of pyridine rings is 1. The average molecular weight is 463 g/mol. The smallest absolute Gasteiger partial charge is 0.256 e. The number of alkyl halides is 1. The van der Waals surface area contributed by atoms with E-state index in [1.54, 1.807) is 30.7 Å². The van der Waals surface area contributed by atoms with Gasteiger partial charge in [-0.25, -0.2) is 9.37 Å². The van der Waals surface area contributed by atoms with E-state index in [1.165, 1.54) is 30.5 Å². The van der Waals surface area contributed by atoms with E-state index in [4.69, 9.17) is 0 Å². The Kier molecular flexibility index (Phi) is 6.30. The molecule has 1 atom stereocenters. The van der Waals surface area contributed by atoms with Gasteiger partial charge in [0.25, 0.3) is 5.91 Å². The van der Waals surface area contributed by atoms with Crippen LogP contribution in [-0.4, -0.2) is 49.9 Å². The van der Waals surface area contributed by atoms with Crippen LogP contribution in [0.3, 0.4) is 0 Å². The van der Waals surface area contributed by atoms with Crippen LogP contribution in [0.2, 0.25) is 0 Å². The highest BCUT2D eigenvalue weighted by Gasteiger charge is 2.43. The molecule has 2 aromatic heterocycles. The molecule has 0 radical (unpaired) electrons. The number of benzene rings is 1. The van der Waals surface area contributed by atoms with E-state index >= 15 is 0 Å². The van der Waals surface area contributed by atoms with Gasteiger partial charge in [-0.2, -0.15) is 15.0 Å². The summed E-state index contributed by atoms with van der Waals surface area (Å²) in [7, 11) is 0. The summed E-state index contributed by atoms with van der Waals surface area (Å²) in [5.74, 6) is 0.712. The number of amides is 1. The van der Waals surface area contributed by atoms with Crippen LogP contribution in [0, 0.1) is 12.3 Å². The second-order valence-corrected chi connectivity index (χ2v) is 9.72. The fourth-order valence-corrected chi connectivity index (χ4v) is 5.60. The van der Waals surface area contributed by atoms with Gasteiger partial charge in [-0.3, -0.25) is 4.79 Å². The summed E-state index contributed by atoms with van der Waals surface area (Å²) in [6.45, 7) is 2.81. The molecule has 3 aromatic rings. The molecular weight excluding hydrogens is 431 g/mol. The molecule has 8 heteroatoms. The number of aromatic nitrogens is 4. The topological polar surface area (TPSA) is 75.9 Å². The number of nitrogens with zero attached hydrogens (tertiary/aromatic N) is 5. The molecule has 2 fully saturated rings. The molecule has 1 aromatic carbocycles. The summed E-state index contributed by atoms with van der Waals surface area (Å²) < 4.78 is 12.9. The largest absolute Gasteiger partial charge is 0.368 e. The highest BCUT2D eigenvalue weighted by Crippen LogP contribution is 2.48. The van der Waals surface area contributed by atoms with Crippen molar-refractivity contribution in [3.63, 3.8) is 0 Å². The molecule has 1 spiro atoms.